The van der Waals surface area contributed by atoms with Crippen LogP contribution in [0.1, 0.15) is 40.9 Å². The number of hydrogen-bond donors (Lipinski definition) is 2. The van der Waals surface area contributed by atoms with Crippen molar-refractivity contribution in [2.24, 2.45) is 11.1 Å². The third-order valence-electron chi connectivity index (χ3n) is 6.13. The zero-order valence-corrected chi connectivity index (χ0v) is 21.4. The molecule has 1 saturated carbocycles. The molecule has 1 aromatic carbocycles. The second-order valence-corrected chi connectivity index (χ2v) is 11.3. The Morgan fingerprint density at radius 1 is 1.31 bits per heavy atom. The van der Waals surface area contributed by atoms with E-state index in [2.05, 4.69) is 25.8 Å². The highest BCUT2D eigenvalue weighted by Crippen LogP contribution is 2.30. The van der Waals surface area contributed by atoms with Crippen molar-refractivity contribution in [3.8, 4) is 0 Å². The molecule has 36 heavy (non-hydrogen) atoms. The Morgan fingerprint density at radius 2 is 2.17 bits per heavy atom. The number of fused-ring (bicyclic) bond motifs is 1. The lowest BCUT2D eigenvalue weighted by Gasteiger charge is -2.15. The summed E-state index contributed by atoms with van der Waals surface area (Å²) in [5.41, 5.74) is 1.68. The van der Waals surface area contributed by atoms with Gasteiger partial charge in [0.05, 0.1) is 18.7 Å². The van der Waals surface area contributed by atoms with Crippen LogP contribution in [0.3, 0.4) is 0 Å². The van der Waals surface area contributed by atoms with Crippen LogP contribution in [0.25, 0.3) is 10.1 Å². The normalized spacial score (nSPS) is 18.1. The van der Waals surface area contributed by atoms with Crippen LogP contribution in [0, 0.1) is 5.92 Å². The number of thiophene rings is 1. The van der Waals surface area contributed by atoms with E-state index in [-0.39, 0.29) is 30.0 Å². The highest BCUT2D eigenvalue weighted by molar-refractivity contribution is 7.84. The maximum Gasteiger partial charge on any atom is 0.333 e. The lowest BCUT2D eigenvalue weighted by Crippen LogP contribution is -2.22. The van der Waals surface area contributed by atoms with Gasteiger partial charge in [0, 0.05) is 28.2 Å². The number of nitrogens with one attached hydrogen (secondary N) is 1. The predicted octanol–water partition coefficient (Wildman–Crippen LogP) is 3.62. The average molecular weight is 547 g/mol. The Kier molecular flexibility index (Phi) is 7.04. The fourth-order valence-electron chi connectivity index (χ4n) is 4.41. The van der Waals surface area contributed by atoms with E-state index in [9.17, 15) is 13.2 Å². The number of carbonyl (C=O) groups excluding carboxylic acids is 1. The van der Waals surface area contributed by atoms with Gasteiger partial charge in [0.15, 0.2) is 0 Å². The van der Waals surface area contributed by atoms with Gasteiger partial charge in [0.1, 0.15) is 17.8 Å². The maximum absolute atomic E-state index is 13.3. The number of hydrogen-bond acceptors (Lipinski definition) is 9. The monoisotopic (exact) mass is 546 g/mol. The lowest BCUT2D eigenvalue weighted by molar-refractivity contribution is 0.103. The third kappa shape index (κ3) is 5.73. The average Bonchev–Trinajstić information content (AvgIpc) is 3.58. The molecule has 1 fully saturated rings. The molecule has 0 spiro atoms. The number of aromatic nitrogens is 4. The van der Waals surface area contributed by atoms with Gasteiger partial charge in [-0.1, -0.05) is 11.6 Å². The van der Waals surface area contributed by atoms with E-state index in [0.29, 0.717) is 29.4 Å². The van der Waals surface area contributed by atoms with Gasteiger partial charge >= 0.3 is 10.3 Å². The highest BCUT2D eigenvalue weighted by Gasteiger charge is 2.28. The quantitative estimate of drug-likeness (QED) is 0.303. The standard InChI is InChI=1S/C23H23ClN6O4S2/c24-16-2-4-21-18(8-16)15(12-35-21)10-30-6-5-20(29-30)22(31)19-9-26-13-27-23(19)28-17-3-1-14(7-17)11-34-36(25,32)33/h2,4-6,8-9,12-14,17H,1,3,7,10-11H2,(H2,25,32,33)(H,26,27,28)/t14-,17+/m1/s1. The van der Waals surface area contributed by atoms with Crippen LogP contribution in [-0.2, 0) is 21.0 Å². The van der Waals surface area contributed by atoms with Crippen molar-refractivity contribution in [1.29, 1.82) is 0 Å². The molecule has 3 heterocycles. The second kappa shape index (κ2) is 10.2. The number of carbonyl (C=O) groups is 1. The van der Waals surface area contributed by atoms with Gasteiger partial charge in [-0.05, 0) is 65.8 Å². The Labute approximate surface area is 216 Å². The van der Waals surface area contributed by atoms with E-state index in [1.54, 1.807) is 28.3 Å². The van der Waals surface area contributed by atoms with Gasteiger partial charge < -0.3 is 5.32 Å². The summed E-state index contributed by atoms with van der Waals surface area (Å²) in [4.78, 5) is 21.6. The van der Waals surface area contributed by atoms with E-state index in [1.165, 1.54) is 12.5 Å². The molecule has 10 nitrogen and oxygen atoms in total. The van der Waals surface area contributed by atoms with Crippen LogP contribution in [0.2, 0.25) is 5.02 Å². The number of halogens is 1. The highest BCUT2D eigenvalue weighted by atomic mass is 35.5. The first-order valence-electron chi connectivity index (χ1n) is 11.2. The first kappa shape index (κ1) is 24.8. The molecule has 5 rings (SSSR count). The molecule has 3 N–H and O–H groups in total. The number of rotatable bonds is 9. The number of benzene rings is 1. The first-order chi connectivity index (χ1) is 17.2. The molecule has 1 aliphatic carbocycles. The van der Waals surface area contributed by atoms with E-state index in [0.717, 1.165) is 28.5 Å². The van der Waals surface area contributed by atoms with Crippen LogP contribution in [0.4, 0.5) is 5.82 Å². The molecule has 4 aromatic rings. The molecule has 0 saturated heterocycles. The van der Waals surface area contributed by atoms with Crippen molar-refractivity contribution < 1.29 is 17.4 Å². The van der Waals surface area contributed by atoms with Crippen LogP contribution in [0.15, 0.2) is 48.4 Å². The molecule has 0 radical (unpaired) electrons. The van der Waals surface area contributed by atoms with Crippen LogP contribution in [-0.4, -0.2) is 46.6 Å². The van der Waals surface area contributed by atoms with Gasteiger partial charge in [-0.3, -0.25) is 13.7 Å². The molecule has 188 valence electrons. The zero-order chi connectivity index (χ0) is 25.3. The van der Waals surface area contributed by atoms with Crippen molar-refractivity contribution in [1.82, 2.24) is 19.7 Å². The SMILES string of the molecule is NS(=O)(=O)OC[C@@H]1CC[C@H](Nc2ncncc2C(=O)c2ccn(Cc3csc4ccc(Cl)cc34)n2)C1. The molecule has 13 heteroatoms. The van der Waals surface area contributed by atoms with E-state index in [1.807, 2.05) is 18.2 Å². The molecular formula is C23H23ClN6O4S2. The van der Waals surface area contributed by atoms with E-state index >= 15 is 0 Å². The van der Waals surface area contributed by atoms with Gasteiger partial charge in [-0.25, -0.2) is 15.1 Å². The number of nitrogens with zero attached hydrogens (tertiary/aromatic N) is 4. The predicted molar refractivity (Wildman–Crippen MR) is 137 cm³/mol. The lowest BCUT2D eigenvalue weighted by atomic mass is 10.1. The minimum Gasteiger partial charge on any atom is -0.367 e. The van der Waals surface area contributed by atoms with Crippen molar-refractivity contribution in [3.05, 3.63) is 70.2 Å². The Bertz CT molecular complexity index is 1520. The topological polar surface area (TPSA) is 142 Å². The Morgan fingerprint density at radius 3 is 3.00 bits per heavy atom. The van der Waals surface area contributed by atoms with E-state index < -0.39 is 10.3 Å². The Hall–Kier alpha value is -2.90. The van der Waals surface area contributed by atoms with Gasteiger partial charge in [0.25, 0.3) is 0 Å². The summed E-state index contributed by atoms with van der Waals surface area (Å²) in [5.74, 6) is 0.170. The summed E-state index contributed by atoms with van der Waals surface area (Å²) in [6, 6.07) is 7.49. The van der Waals surface area contributed by atoms with Gasteiger partial charge in [-0.15, -0.1) is 11.3 Å². The molecule has 2 atom stereocenters. The maximum atomic E-state index is 13.3. The largest absolute Gasteiger partial charge is 0.367 e. The molecule has 1 aliphatic rings. The fourth-order valence-corrected chi connectivity index (χ4v) is 5.90. The summed E-state index contributed by atoms with van der Waals surface area (Å²) >= 11 is 7.80. The minimum atomic E-state index is -3.96. The van der Waals surface area contributed by atoms with Crippen molar-refractivity contribution >= 4 is 54.9 Å². The Balaban J connectivity index is 1.27. The molecule has 0 amide bonds. The molecule has 3 aromatic heterocycles. The minimum absolute atomic E-state index is 0.0109. The number of nitrogens with two attached hydrogens (primary N) is 1. The molecule has 0 unspecified atom stereocenters. The van der Waals surface area contributed by atoms with Crippen LogP contribution in [0.5, 0.6) is 0 Å². The molecule has 0 bridgehead atoms. The van der Waals surface area contributed by atoms with E-state index in [4.69, 9.17) is 20.9 Å². The number of ketones is 1. The van der Waals surface area contributed by atoms with Crippen LogP contribution < -0.4 is 10.5 Å². The van der Waals surface area contributed by atoms with Crippen molar-refractivity contribution in [3.63, 3.8) is 0 Å². The number of anilines is 1. The van der Waals surface area contributed by atoms with Crippen molar-refractivity contribution in [2.45, 2.75) is 31.8 Å². The first-order valence-corrected chi connectivity index (χ1v) is 14.0. The fraction of sp³-hybridized carbons (Fsp3) is 0.304. The van der Waals surface area contributed by atoms with Gasteiger partial charge in [-0.2, -0.15) is 13.5 Å². The van der Waals surface area contributed by atoms with Gasteiger partial charge in [0.2, 0.25) is 5.78 Å². The zero-order valence-electron chi connectivity index (χ0n) is 19.0. The summed E-state index contributed by atoms with van der Waals surface area (Å²) < 4.78 is 29.7. The molecule has 0 aliphatic heterocycles. The molecular weight excluding hydrogens is 524 g/mol. The smallest absolute Gasteiger partial charge is 0.333 e. The second-order valence-electron chi connectivity index (χ2n) is 8.71. The summed E-state index contributed by atoms with van der Waals surface area (Å²) in [6.45, 7) is 0.545. The summed E-state index contributed by atoms with van der Waals surface area (Å²) in [7, 11) is -3.96. The van der Waals surface area contributed by atoms with Crippen LogP contribution >= 0.6 is 22.9 Å². The van der Waals surface area contributed by atoms with Crippen molar-refractivity contribution in [2.75, 3.05) is 11.9 Å². The summed E-state index contributed by atoms with van der Waals surface area (Å²) in [6.07, 6.45) is 6.84. The third-order valence-corrected chi connectivity index (χ3v) is 7.84. The summed E-state index contributed by atoms with van der Waals surface area (Å²) in [5, 5.41) is 16.5.